The number of nitrogens with two attached hydrogens (primary N) is 1. The van der Waals surface area contributed by atoms with E-state index in [4.69, 9.17) is 5.73 Å². The van der Waals surface area contributed by atoms with Crippen molar-refractivity contribution in [1.29, 1.82) is 0 Å². The topological polar surface area (TPSA) is 29.3 Å². The van der Waals surface area contributed by atoms with Gasteiger partial charge in [0.2, 0.25) is 0 Å². The van der Waals surface area contributed by atoms with Gasteiger partial charge in [-0.1, -0.05) is 30.3 Å². The van der Waals surface area contributed by atoms with Crippen LogP contribution in [0.4, 0.5) is 0 Å². The predicted molar refractivity (Wildman–Crippen MR) is 75.3 cm³/mol. The van der Waals surface area contributed by atoms with Gasteiger partial charge in [0.15, 0.2) is 0 Å². The number of benzene rings is 1. The molecular weight excluding hydrogens is 220 g/mol. The minimum absolute atomic E-state index is 0.576. The van der Waals surface area contributed by atoms with Gasteiger partial charge in [-0.25, -0.2) is 0 Å². The normalized spacial score (nSPS) is 26.4. The van der Waals surface area contributed by atoms with Gasteiger partial charge in [0.25, 0.3) is 0 Å². The second kappa shape index (κ2) is 5.02. The fraction of sp³-hybridized carbons (Fsp3) is 0.625. The highest BCUT2D eigenvalue weighted by Gasteiger charge is 2.44. The average molecular weight is 244 g/mol. The van der Waals surface area contributed by atoms with Crippen LogP contribution in [0.1, 0.15) is 43.7 Å². The van der Waals surface area contributed by atoms with Gasteiger partial charge >= 0.3 is 0 Å². The lowest BCUT2D eigenvalue weighted by molar-refractivity contribution is 0.199. The van der Waals surface area contributed by atoms with Gasteiger partial charge in [0.05, 0.1) is 0 Å². The van der Waals surface area contributed by atoms with Crippen LogP contribution < -0.4 is 5.73 Å². The summed E-state index contributed by atoms with van der Waals surface area (Å²) in [4.78, 5) is 2.71. The Kier molecular flexibility index (Phi) is 3.40. The van der Waals surface area contributed by atoms with E-state index in [-0.39, 0.29) is 0 Å². The molecule has 2 heteroatoms. The van der Waals surface area contributed by atoms with Gasteiger partial charge in [-0.2, -0.15) is 0 Å². The SMILES string of the molecule is NCCC1(CN2CCCC2c2ccccc2)CC1. The molecule has 1 saturated carbocycles. The van der Waals surface area contributed by atoms with E-state index in [0.29, 0.717) is 11.5 Å². The summed E-state index contributed by atoms with van der Waals surface area (Å²) in [6.07, 6.45) is 6.66. The summed E-state index contributed by atoms with van der Waals surface area (Å²) in [5.41, 5.74) is 7.83. The first-order valence-electron chi connectivity index (χ1n) is 7.32. The van der Waals surface area contributed by atoms with Gasteiger partial charge < -0.3 is 5.73 Å². The van der Waals surface area contributed by atoms with Gasteiger partial charge in [-0.3, -0.25) is 4.90 Å². The van der Waals surface area contributed by atoms with Crippen LogP contribution >= 0.6 is 0 Å². The third-order valence-electron chi connectivity index (χ3n) is 4.72. The zero-order chi connectivity index (χ0) is 12.4. The first-order valence-corrected chi connectivity index (χ1v) is 7.32. The molecule has 2 N–H and O–H groups in total. The maximum atomic E-state index is 5.76. The Bertz CT molecular complexity index is 383. The standard InChI is InChI=1S/C16H24N2/c17-11-10-16(8-9-16)13-18-12-4-7-15(18)14-5-2-1-3-6-14/h1-3,5-6,15H,4,7-13,17H2. The maximum Gasteiger partial charge on any atom is 0.0348 e. The quantitative estimate of drug-likeness (QED) is 0.863. The summed E-state index contributed by atoms with van der Waals surface area (Å²) in [7, 11) is 0. The lowest BCUT2D eigenvalue weighted by Gasteiger charge is -2.29. The van der Waals surface area contributed by atoms with E-state index in [2.05, 4.69) is 35.2 Å². The summed E-state index contributed by atoms with van der Waals surface area (Å²) in [5, 5.41) is 0. The lowest BCUT2D eigenvalue weighted by atomic mass is 9.99. The van der Waals surface area contributed by atoms with Crippen molar-refractivity contribution in [3.05, 3.63) is 35.9 Å². The molecule has 1 atom stereocenters. The fourth-order valence-corrected chi connectivity index (χ4v) is 3.47. The van der Waals surface area contributed by atoms with Crippen LogP contribution in [0, 0.1) is 5.41 Å². The monoisotopic (exact) mass is 244 g/mol. The minimum Gasteiger partial charge on any atom is -0.330 e. The number of hydrogen-bond donors (Lipinski definition) is 1. The molecule has 1 aromatic rings. The molecule has 1 aromatic carbocycles. The van der Waals surface area contributed by atoms with Gasteiger partial charge in [0.1, 0.15) is 0 Å². The third-order valence-corrected chi connectivity index (χ3v) is 4.72. The number of rotatable bonds is 5. The molecule has 2 nitrogen and oxygen atoms in total. The van der Waals surface area contributed by atoms with Crippen molar-refractivity contribution in [3.8, 4) is 0 Å². The molecule has 1 unspecified atom stereocenters. The minimum atomic E-state index is 0.576. The summed E-state index contributed by atoms with van der Waals surface area (Å²) >= 11 is 0. The van der Waals surface area contributed by atoms with Crippen LogP contribution in [0.3, 0.4) is 0 Å². The number of nitrogens with zero attached hydrogens (tertiary/aromatic N) is 1. The Morgan fingerprint density at radius 2 is 2.00 bits per heavy atom. The Labute approximate surface area is 110 Å². The second-order valence-corrected chi connectivity index (χ2v) is 6.08. The molecule has 0 aromatic heterocycles. The van der Waals surface area contributed by atoms with Crippen molar-refractivity contribution in [2.45, 2.75) is 38.1 Å². The Morgan fingerprint density at radius 3 is 2.67 bits per heavy atom. The first-order chi connectivity index (χ1) is 8.83. The van der Waals surface area contributed by atoms with Gasteiger partial charge in [-0.05, 0) is 56.2 Å². The molecule has 98 valence electrons. The summed E-state index contributed by atoms with van der Waals surface area (Å²) in [6.45, 7) is 3.39. The average Bonchev–Trinajstić information content (AvgIpc) is 3.00. The highest BCUT2D eigenvalue weighted by atomic mass is 15.2. The maximum absolute atomic E-state index is 5.76. The van der Waals surface area contributed by atoms with E-state index >= 15 is 0 Å². The summed E-state index contributed by atoms with van der Waals surface area (Å²) < 4.78 is 0. The van der Waals surface area contributed by atoms with Crippen molar-refractivity contribution in [1.82, 2.24) is 4.90 Å². The zero-order valence-electron chi connectivity index (χ0n) is 11.1. The molecule has 0 amide bonds. The summed E-state index contributed by atoms with van der Waals surface area (Å²) in [6, 6.07) is 11.7. The van der Waals surface area contributed by atoms with E-state index < -0.39 is 0 Å². The fourth-order valence-electron chi connectivity index (χ4n) is 3.47. The van der Waals surface area contributed by atoms with Gasteiger partial charge in [-0.15, -0.1) is 0 Å². The second-order valence-electron chi connectivity index (χ2n) is 6.08. The lowest BCUT2D eigenvalue weighted by Crippen LogP contribution is -2.31. The third kappa shape index (κ3) is 2.45. The van der Waals surface area contributed by atoms with Crippen LogP contribution in [0.2, 0.25) is 0 Å². The van der Waals surface area contributed by atoms with Crippen molar-refractivity contribution in [3.63, 3.8) is 0 Å². The molecule has 0 spiro atoms. The predicted octanol–water partition coefficient (Wildman–Crippen LogP) is 2.95. The Balaban J connectivity index is 1.68. The molecule has 1 aliphatic carbocycles. The van der Waals surface area contributed by atoms with E-state index in [0.717, 1.165) is 6.54 Å². The van der Waals surface area contributed by atoms with E-state index in [9.17, 15) is 0 Å². The molecule has 1 saturated heterocycles. The smallest absolute Gasteiger partial charge is 0.0348 e. The molecule has 3 rings (SSSR count). The van der Waals surface area contributed by atoms with E-state index in [1.54, 1.807) is 0 Å². The Morgan fingerprint density at radius 1 is 1.22 bits per heavy atom. The zero-order valence-corrected chi connectivity index (χ0v) is 11.1. The van der Waals surface area contributed by atoms with Gasteiger partial charge in [0, 0.05) is 12.6 Å². The van der Waals surface area contributed by atoms with Crippen molar-refractivity contribution in [2.75, 3.05) is 19.6 Å². The van der Waals surface area contributed by atoms with Crippen molar-refractivity contribution < 1.29 is 0 Å². The Hall–Kier alpha value is -0.860. The van der Waals surface area contributed by atoms with Crippen molar-refractivity contribution in [2.24, 2.45) is 11.1 Å². The molecule has 1 aliphatic heterocycles. The van der Waals surface area contributed by atoms with E-state index in [1.807, 2.05) is 0 Å². The summed E-state index contributed by atoms with van der Waals surface area (Å²) in [5.74, 6) is 0. The molecule has 18 heavy (non-hydrogen) atoms. The molecule has 1 heterocycles. The van der Waals surface area contributed by atoms with Crippen LogP contribution in [0.15, 0.2) is 30.3 Å². The molecule has 0 radical (unpaired) electrons. The van der Waals surface area contributed by atoms with Crippen molar-refractivity contribution >= 4 is 0 Å². The first kappa shape index (κ1) is 12.2. The molecule has 2 fully saturated rings. The largest absolute Gasteiger partial charge is 0.330 e. The molecule has 0 bridgehead atoms. The van der Waals surface area contributed by atoms with Crippen LogP contribution in [-0.4, -0.2) is 24.5 Å². The number of hydrogen-bond acceptors (Lipinski definition) is 2. The van der Waals surface area contributed by atoms with Crippen LogP contribution in [-0.2, 0) is 0 Å². The molecule has 2 aliphatic rings. The van der Waals surface area contributed by atoms with Crippen LogP contribution in [0.25, 0.3) is 0 Å². The highest BCUT2D eigenvalue weighted by Crippen LogP contribution is 2.50. The molecular formula is C16H24N2. The van der Waals surface area contributed by atoms with E-state index in [1.165, 1.54) is 50.8 Å². The number of likely N-dealkylation sites (tertiary alicyclic amines) is 1. The highest BCUT2D eigenvalue weighted by molar-refractivity contribution is 5.20. The van der Waals surface area contributed by atoms with Crippen LogP contribution in [0.5, 0.6) is 0 Å².